The molecular formula is C20H21FN2O6. The molecule has 0 fully saturated rings. The van der Waals surface area contributed by atoms with Crippen molar-refractivity contribution in [3.63, 3.8) is 0 Å². The lowest BCUT2D eigenvalue weighted by molar-refractivity contribution is -0.384. The van der Waals surface area contributed by atoms with Gasteiger partial charge >= 0.3 is 5.97 Å². The number of nitrogens with zero attached hydrogens (tertiary/aromatic N) is 1. The third-order valence-electron chi connectivity index (χ3n) is 4.00. The monoisotopic (exact) mass is 404 g/mol. The second-order valence-corrected chi connectivity index (χ2v) is 6.08. The van der Waals surface area contributed by atoms with Crippen LogP contribution in [-0.4, -0.2) is 43.5 Å². The number of nitrogens with one attached hydrogen (secondary N) is 1. The molecule has 0 heterocycles. The number of anilines is 1. The number of methoxy groups -OCH3 is 1. The molecule has 1 N–H and O–H groups in total. The molecule has 0 saturated carbocycles. The van der Waals surface area contributed by atoms with Crippen LogP contribution in [0.1, 0.15) is 33.6 Å². The summed E-state index contributed by atoms with van der Waals surface area (Å²) in [6, 6.07) is 9.05. The summed E-state index contributed by atoms with van der Waals surface area (Å²) in [6.45, 7) is 0.754. The first kappa shape index (κ1) is 22.0. The lowest BCUT2D eigenvalue weighted by atomic mass is 10.1. The summed E-state index contributed by atoms with van der Waals surface area (Å²) in [5.74, 6) is -1.36. The fourth-order valence-electron chi connectivity index (χ4n) is 2.51. The van der Waals surface area contributed by atoms with Gasteiger partial charge in [-0.2, -0.15) is 0 Å². The maximum Gasteiger partial charge on any atom is 0.340 e. The predicted molar refractivity (Wildman–Crippen MR) is 104 cm³/mol. The van der Waals surface area contributed by atoms with Crippen LogP contribution >= 0.6 is 0 Å². The van der Waals surface area contributed by atoms with Crippen LogP contribution < -0.4 is 5.32 Å². The highest BCUT2D eigenvalue weighted by atomic mass is 19.1. The first-order chi connectivity index (χ1) is 13.9. The number of esters is 1. The molecule has 2 aromatic rings. The quantitative estimate of drug-likeness (QED) is 0.200. The molecule has 154 valence electrons. The predicted octanol–water partition coefficient (Wildman–Crippen LogP) is 3.61. The fraction of sp³-hybridized carbons (Fsp3) is 0.300. The molecule has 0 saturated heterocycles. The van der Waals surface area contributed by atoms with Gasteiger partial charge in [-0.3, -0.25) is 14.9 Å². The smallest absolute Gasteiger partial charge is 0.340 e. The minimum absolute atomic E-state index is 0.0279. The van der Waals surface area contributed by atoms with Crippen LogP contribution in [-0.2, 0) is 9.47 Å². The van der Waals surface area contributed by atoms with Gasteiger partial charge in [-0.15, -0.1) is 0 Å². The zero-order chi connectivity index (χ0) is 21.2. The average molecular weight is 404 g/mol. The molecule has 0 spiro atoms. The van der Waals surface area contributed by atoms with Gasteiger partial charge in [-0.05, 0) is 36.8 Å². The van der Waals surface area contributed by atoms with E-state index in [-0.39, 0.29) is 36.5 Å². The number of nitro groups is 1. The summed E-state index contributed by atoms with van der Waals surface area (Å²) in [6.07, 6.45) is 0.385. The summed E-state index contributed by atoms with van der Waals surface area (Å²) < 4.78 is 23.0. The number of ketones is 1. The van der Waals surface area contributed by atoms with Crippen LogP contribution in [0.15, 0.2) is 42.5 Å². The molecular weight excluding hydrogens is 383 g/mol. The number of carbonyl (C=O) groups excluding carboxylic acids is 2. The van der Waals surface area contributed by atoms with Crippen LogP contribution in [0, 0.1) is 15.9 Å². The Morgan fingerprint density at radius 2 is 1.86 bits per heavy atom. The molecule has 9 heteroatoms. The largest absolute Gasteiger partial charge is 0.462 e. The van der Waals surface area contributed by atoms with E-state index in [1.165, 1.54) is 43.5 Å². The summed E-state index contributed by atoms with van der Waals surface area (Å²) in [5.41, 5.74) is 0.557. The highest BCUT2D eigenvalue weighted by molar-refractivity contribution is 5.97. The van der Waals surface area contributed by atoms with Crippen molar-refractivity contribution >= 4 is 23.1 Å². The van der Waals surface area contributed by atoms with Crippen molar-refractivity contribution in [2.75, 3.05) is 32.2 Å². The molecule has 0 radical (unpaired) electrons. The number of hydrogen-bond donors (Lipinski definition) is 1. The molecule has 0 bridgehead atoms. The van der Waals surface area contributed by atoms with Gasteiger partial charge < -0.3 is 14.8 Å². The summed E-state index contributed by atoms with van der Waals surface area (Å²) in [4.78, 5) is 34.8. The van der Waals surface area contributed by atoms with Crippen molar-refractivity contribution in [1.82, 2.24) is 0 Å². The third kappa shape index (κ3) is 6.65. The molecule has 2 aromatic carbocycles. The van der Waals surface area contributed by atoms with Crippen LogP contribution in [0.25, 0.3) is 0 Å². The van der Waals surface area contributed by atoms with E-state index in [1.807, 2.05) is 0 Å². The van der Waals surface area contributed by atoms with Crippen LogP contribution in [0.4, 0.5) is 15.8 Å². The third-order valence-corrected chi connectivity index (χ3v) is 4.00. The van der Waals surface area contributed by atoms with Crippen molar-refractivity contribution in [1.29, 1.82) is 0 Å². The highest BCUT2D eigenvalue weighted by Crippen LogP contribution is 2.23. The summed E-state index contributed by atoms with van der Waals surface area (Å²) >= 11 is 0. The molecule has 0 aliphatic heterocycles. The van der Waals surface area contributed by atoms with E-state index in [2.05, 4.69) is 5.32 Å². The van der Waals surface area contributed by atoms with E-state index in [0.717, 1.165) is 6.07 Å². The second-order valence-electron chi connectivity index (χ2n) is 6.08. The Morgan fingerprint density at radius 1 is 1.14 bits per heavy atom. The van der Waals surface area contributed by atoms with Crippen molar-refractivity contribution in [3.05, 3.63) is 69.5 Å². The maximum atomic E-state index is 12.9. The van der Waals surface area contributed by atoms with E-state index >= 15 is 0 Å². The fourth-order valence-corrected chi connectivity index (χ4v) is 2.51. The lowest BCUT2D eigenvalue weighted by Gasteiger charge is -2.11. The van der Waals surface area contributed by atoms with Crippen LogP contribution in [0.2, 0.25) is 0 Å². The van der Waals surface area contributed by atoms with Crippen molar-refractivity contribution in [2.45, 2.75) is 12.8 Å². The van der Waals surface area contributed by atoms with Gasteiger partial charge in [0.25, 0.3) is 5.69 Å². The Hall–Kier alpha value is -3.33. The highest BCUT2D eigenvalue weighted by Gasteiger charge is 2.18. The van der Waals surface area contributed by atoms with Gasteiger partial charge in [0.1, 0.15) is 5.82 Å². The average Bonchev–Trinajstić information content (AvgIpc) is 2.71. The summed E-state index contributed by atoms with van der Waals surface area (Å²) in [5, 5.41) is 14.0. The summed E-state index contributed by atoms with van der Waals surface area (Å²) in [7, 11) is 1.53. The van der Waals surface area contributed by atoms with Gasteiger partial charge in [0.15, 0.2) is 5.78 Å². The van der Waals surface area contributed by atoms with Gasteiger partial charge in [-0.1, -0.05) is 0 Å². The van der Waals surface area contributed by atoms with Gasteiger partial charge in [0.2, 0.25) is 0 Å². The molecule has 0 aliphatic carbocycles. The van der Waals surface area contributed by atoms with Gasteiger partial charge in [0.05, 0.1) is 23.7 Å². The minimum atomic E-state index is -0.733. The number of ether oxygens (including phenoxy) is 2. The SMILES string of the molecule is COCCNc1ccc([N+](=O)[O-])cc1C(=O)OCCCC(=O)c1ccc(F)cc1. The molecule has 0 amide bonds. The number of benzene rings is 2. The first-order valence-corrected chi connectivity index (χ1v) is 8.89. The van der Waals surface area contributed by atoms with Crippen LogP contribution in [0.5, 0.6) is 0 Å². The lowest BCUT2D eigenvalue weighted by Crippen LogP contribution is -2.14. The molecule has 8 nitrogen and oxygen atoms in total. The standard InChI is InChI=1S/C20H21FN2O6/c1-28-12-10-22-18-9-8-16(23(26)27)13-17(18)20(25)29-11-2-3-19(24)14-4-6-15(21)7-5-14/h4-9,13,22H,2-3,10-12H2,1H3. The Balaban J connectivity index is 1.94. The molecule has 0 unspecified atom stereocenters. The normalized spacial score (nSPS) is 10.4. The number of halogens is 1. The van der Waals surface area contributed by atoms with Gasteiger partial charge in [0, 0.05) is 43.5 Å². The van der Waals surface area contributed by atoms with E-state index in [4.69, 9.17) is 9.47 Å². The van der Waals surface area contributed by atoms with E-state index in [1.54, 1.807) is 0 Å². The van der Waals surface area contributed by atoms with E-state index in [0.29, 0.717) is 24.4 Å². The number of nitro benzene ring substituents is 1. The Bertz CT molecular complexity index is 870. The molecule has 0 aromatic heterocycles. The number of non-ortho nitro benzene ring substituents is 1. The Labute approximate surface area is 166 Å². The number of hydrogen-bond acceptors (Lipinski definition) is 7. The van der Waals surface area contributed by atoms with E-state index in [9.17, 15) is 24.1 Å². The topological polar surface area (TPSA) is 108 Å². The Kier molecular flexibility index (Phi) is 8.23. The van der Waals surface area contributed by atoms with Gasteiger partial charge in [-0.25, -0.2) is 9.18 Å². The number of rotatable bonds is 11. The zero-order valence-electron chi connectivity index (χ0n) is 15.9. The minimum Gasteiger partial charge on any atom is -0.462 e. The number of carbonyl (C=O) groups is 2. The molecule has 29 heavy (non-hydrogen) atoms. The van der Waals surface area contributed by atoms with Crippen molar-refractivity contribution in [3.8, 4) is 0 Å². The molecule has 0 aliphatic rings. The first-order valence-electron chi connectivity index (χ1n) is 8.89. The van der Waals surface area contributed by atoms with Crippen molar-refractivity contribution in [2.24, 2.45) is 0 Å². The maximum absolute atomic E-state index is 12.9. The Morgan fingerprint density at radius 3 is 2.52 bits per heavy atom. The molecule has 2 rings (SSSR count). The van der Waals surface area contributed by atoms with E-state index < -0.39 is 16.7 Å². The van der Waals surface area contributed by atoms with Crippen LogP contribution in [0.3, 0.4) is 0 Å². The zero-order valence-corrected chi connectivity index (χ0v) is 15.9. The van der Waals surface area contributed by atoms with Crippen molar-refractivity contribution < 1.29 is 28.4 Å². The number of Topliss-reactive ketones (excluding diaryl/α,β-unsaturated/α-hetero) is 1. The molecule has 0 atom stereocenters. The second kappa shape index (κ2) is 10.9.